The zero-order chi connectivity index (χ0) is 27.9. The topological polar surface area (TPSA) is 84.7 Å². The fourth-order valence-electron chi connectivity index (χ4n) is 4.44. The summed E-state index contributed by atoms with van der Waals surface area (Å²) in [6, 6.07) is 8.95. The molecule has 214 valence electrons. The average Bonchev–Trinajstić information content (AvgIpc) is 3.59. The molecule has 0 aliphatic carbocycles. The molecule has 1 fully saturated rings. The Labute approximate surface area is 253 Å². The van der Waals surface area contributed by atoms with E-state index in [0.717, 1.165) is 58.5 Å². The van der Waals surface area contributed by atoms with Crippen LogP contribution < -0.4 is 0 Å². The van der Waals surface area contributed by atoms with Crippen molar-refractivity contribution in [1.82, 2.24) is 19.4 Å². The number of imidazole rings is 1. The summed E-state index contributed by atoms with van der Waals surface area (Å²) in [5.74, 6) is 0.247. The lowest BCUT2D eigenvalue weighted by atomic mass is 10.1. The van der Waals surface area contributed by atoms with Gasteiger partial charge < -0.3 is 9.30 Å². The lowest BCUT2D eigenvalue weighted by molar-refractivity contribution is -0.123. The first-order chi connectivity index (χ1) is 18.9. The number of thiophene rings is 1. The number of aromatic nitrogens is 2. The Morgan fingerprint density at radius 2 is 1.80 bits per heavy atom. The largest absolute Gasteiger partial charge is 0.465 e. The Morgan fingerprint density at radius 1 is 1.07 bits per heavy atom. The molecule has 8 nitrogen and oxygen atoms in total. The standard InChI is InChI=1S/C29H33BrN4O4S.ClH/c1-4-6-8-26-31-16-23(33(26)17-20-9-11-21(12-10-20)28(36)38-3)15-25-27(35)32(13-7-5-2)29(37)34(25)18-24-14-22(30)19-39-24;/h9-12,14-16,19H,4-8,13,17-18H2,1-3H3;1H. The number of carbonyl (C=O) groups excluding carboxylic acids is 3. The second-order valence-corrected chi connectivity index (χ2v) is 11.3. The van der Waals surface area contributed by atoms with Crippen LogP contribution in [0.25, 0.3) is 6.08 Å². The number of hydrogen-bond donors (Lipinski definition) is 0. The van der Waals surface area contributed by atoms with Crippen molar-refractivity contribution in [2.24, 2.45) is 0 Å². The lowest BCUT2D eigenvalue weighted by Crippen LogP contribution is -2.33. The minimum absolute atomic E-state index is 0. The zero-order valence-electron chi connectivity index (χ0n) is 22.9. The van der Waals surface area contributed by atoms with Gasteiger partial charge in [-0.3, -0.25) is 14.6 Å². The number of unbranched alkanes of at least 4 members (excludes halogenated alkanes) is 2. The molecule has 1 aliphatic rings. The number of nitrogens with zero attached hydrogens (tertiary/aromatic N) is 4. The highest BCUT2D eigenvalue weighted by Crippen LogP contribution is 2.29. The number of benzene rings is 1. The number of methoxy groups -OCH3 is 1. The number of hydrogen-bond acceptors (Lipinski definition) is 6. The molecular formula is C29H34BrClN4O4S. The molecule has 0 unspecified atom stereocenters. The number of ether oxygens (including phenoxy) is 1. The van der Waals surface area contributed by atoms with Gasteiger partial charge in [-0.15, -0.1) is 23.7 Å². The molecule has 1 aromatic carbocycles. The monoisotopic (exact) mass is 648 g/mol. The van der Waals surface area contributed by atoms with Gasteiger partial charge in [0.25, 0.3) is 5.91 Å². The molecule has 1 saturated heterocycles. The van der Waals surface area contributed by atoms with Crippen molar-refractivity contribution in [1.29, 1.82) is 0 Å². The summed E-state index contributed by atoms with van der Waals surface area (Å²) in [5.41, 5.74) is 2.57. The number of esters is 1. The minimum atomic E-state index is -0.381. The summed E-state index contributed by atoms with van der Waals surface area (Å²) in [5, 5.41) is 1.97. The van der Waals surface area contributed by atoms with Gasteiger partial charge in [-0.2, -0.15) is 0 Å². The molecule has 0 saturated carbocycles. The van der Waals surface area contributed by atoms with E-state index in [0.29, 0.717) is 30.9 Å². The third-order valence-electron chi connectivity index (χ3n) is 6.61. The average molecular weight is 650 g/mol. The molecule has 0 bridgehead atoms. The number of imide groups is 1. The maximum absolute atomic E-state index is 13.5. The molecule has 0 atom stereocenters. The van der Waals surface area contributed by atoms with Crippen molar-refractivity contribution in [2.75, 3.05) is 13.7 Å². The Hall–Kier alpha value is -2.95. The molecule has 0 spiro atoms. The van der Waals surface area contributed by atoms with Crippen molar-refractivity contribution in [3.05, 3.63) is 79.6 Å². The van der Waals surface area contributed by atoms with Crippen LogP contribution in [0.4, 0.5) is 4.79 Å². The van der Waals surface area contributed by atoms with Crippen molar-refractivity contribution >= 4 is 63.7 Å². The number of rotatable bonds is 12. The summed E-state index contributed by atoms with van der Waals surface area (Å²) >= 11 is 5.02. The van der Waals surface area contributed by atoms with Gasteiger partial charge >= 0.3 is 12.0 Å². The second-order valence-electron chi connectivity index (χ2n) is 9.42. The van der Waals surface area contributed by atoms with Crippen LogP contribution >= 0.6 is 39.7 Å². The predicted octanol–water partition coefficient (Wildman–Crippen LogP) is 6.91. The van der Waals surface area contributed by atoms with Gasteiger partial charge in [0.05, 0.1) is 31.1 Å². The summed E-state index contributed by atoms with van der Waals surface area (Å²) in [4.78, 5) is 47.4. The molecule has 3 aromatic rings. The Bertz CT molecular complexity index is 1370. The molecule has 3 heterocycles. The van der Waals surface area contributed by atoms with Crippen LogP contribution in [0.3, 0.4) is 0 Å². The third-order valence-corrected chi connectivity index (χ3v) is 8.29. The third kappa shape index (κ3) is 7.21. The van der Waals surface area contributed by atoms with Crippen LogP contribution in [-0.4, -0.2) is 50.9 Å². The highest BCUT2D eigenvalue weighted by molar-refractivity contribution is 9.10. The molecule has 0 N–H and O–H groups in total. The SMILES string of the molecule is CCCCc1ncc(C=C2C(=O)N(CCCC)C(=O)N2Cc2cc(Br)cs2)n1Cc1ccc(C(=O)OC)cc1.Cl. The van der Waals surface area contributed by atoms with E-state index in [2.05, 4.69) is 32.4 Å². The van der Waals surface area contributed by atoms with Crippen LogP contribution in [0, 0.1) is 0 Å². The molecular weight excluding hydrogens is 616 g/mol. The quantitative estimate of drug-likeness (QED) is 0.121. The Morgan fingerprint density at radius 3 is 2.42 bits per heavy atom. The highest BCUT2D eigenvalue weighted by atomic mass is 79.9. The van der Waals surface area contributed by atoms with E-state index >= 15 is 0 Å². The van der Waals surface area contributed by atoms with Crippen LogP contribution in [0.15, 0.2) is 52.1 Å². The summed E-state index contributed by atoms with van der Waals surface area (Å²) in [6.45, 7) is 5.40. The fourth-order valence-corrected chi connectivity index (χ4v) is 5.87. The number of urea groups is 1. The van der Waals surface area contributed by atoms with E-state index in [1.165, 1.54) is 12.0 Å². The normalized spacial score (nSPS) is 14.2. The van der Waals surface area contributed by atoms with E-state index in [1.54, 1.807) is 40.6 Å². The Kier molecular flexibility index (Phi) is 11.5. The number of aryl methyl sites for hydroxylation is 1. The zero-order valence-corrected chi connectivity index (χ0v) is 26.1. The molecule has 1 aliphatic heterocycles. The van der Waals surface area contributed by atoms with E-state index in [1.807, 2.05) is 30.5 Å². The smallest absolute Gasteiger partial charge is 0.337 e. The van der Waals surface area contributed by atoms with Gasteiger partial charge in [-0.1, -0.05) is 38.8 Å². The second kappa shape index (κ2) is 14.6. The highest BCUT2D eigenvalue weighted by Gasteiger charge is 2.41. The molecule has 2 aromatic heterocycles. The Balaban J connectivity index is 0.00000441. The predicted molar refractivity (Wildman–Crippen MR) is 163 cm³/mol. The van der Waals surface area contributed by atoms with E-state index in [-0.39, 0.29) is 30.3 Å². The molecule has 40 heavy (non-hydrogen) atoms. The van der Waals surface area contributed by atoms with Crippen LogP contribution in [0.5, 0.6) is 0 Å². The van der Waals surface area contributed by atoms with Crippen molar-refractivity contribution in [3.63, 3.8) is 0 Å². The number of carbonyl (C=O) groups is 3. The van der Waals surface area contributed by atoms with Crippen molar-refractivity contribution in [3.8, 4) is 0 Å². The molecule has 0 radical (unpaired) electrons. The van der Waals surface area contributed by atoms with Gasteiger partial charge in [-0.05, 0) is 58.6 Å². The minimum Gasteiger partial charge on any atom is -0.465 e. The number of amides is 3. The summed E-state index contributed by atoms with van der Waals surface area (Å²) in [6.07, 6.45) is 8.01. The van der Waals surface area contributed by atoms with E-state index in [4.69, 9.17) is 4.74 Å². The van der Waals surface area contributed by atoms with Crippen LogP contribution in [0.1, 0.15) is 71.8 Å². The first-order valence-corrected chi connectivity index (χ1v) is 14.8. The lowest BCUT2D eigenvalue weighted by Gasteiger charge is -2.16. The molecule has 4 rings (SSSR count). The van der Waals surface area contributed by atoms with Gasteiger partial charge in [0.1, 0.15) is 11.5 Å². The van der Waals surface area contributed by atoms with Crippen molar-refractivity contribution < 1.29 is 19.1 Å². The fraction of sp³-hybridized carbons (Fsp3) is 0.379. The van der Waals surface area contributed by atoms with Crippen LogP contribution in [0.2, 0.25) is 0 Å². The molecule has 3 amide bonds. The first kappa shape index (κ1) is 31.6. The maximum Gasteiger partial charge on any atom is 0.337 e. The van der Waals surface area contributed by atoms with E-state index < -0.39 is 0 Å². The molecule has 11 heteroatoms. The van der Waals surface area contributed by atoms with E-state index in [9.17, 15) is 14.4 Å². The van der Waals surface area contributed by atoms with Crippen LogP contribution in [-0.2, 0) is 29.0 Å². The van der Waals surface area contributed by atoms with Crippen molar-refractivity contribution in [2.45, 2.75) is 59.0 Å². The van der Waals surface area contributed by atoms with Gasteiger partial charge in [0, 0.05) is 34.2 Å². The summed E-state index contributed by atoms with van der Waals surface area (Å²) in [7, 11) is 1.36. The first-order valence-electron chi connectivity index (χ1n) is 13.2. The summed E-state index contributed by atoms with van der Waals surface area (Å²) < 4.78 is 7.85. The maximum atomic E-state index is 13.5. The number of halogens is 2. The van der Waals surface area contributed by atoms with Gasteiger partial charge in [0.2, 0.25) is 0 Å². The van der Waals surface area contributed by atoms with Gasteiger partial charge in [0.15, 0.2) is 0 Å². The van der Waals surface area contributed by atoms with Gasteiger partial charge in [-0.25, -0.2) is 14.6 Å².